The molecule has 25 heavy (non-hydrogen) atoms. The summed E-state index contributed by atoms with van der Waals surface area (Å²) in [5, 5.41) is 9.46. The highest BCUT2D eigenvalue weighted by Crippen LogP contribution is 2.32. The summed E-state index contributed by atoms with van der Waals surface area (Å²) in [4.78, 5) is 19.7. The maximum Gasteiger partial charge on any atom is 0.255 e. The van der Waals surface area contributed by atoms with Crippen LogP contribution in [0.4, 0.5) is 17.2 Å². The van der Waals surface area contributed by atoms with Crippen molar-refractivity contribution >= 4 is 29.3 Å². The van der Waals surface area contributed by atoms with Crippen molar-refractivity contribution in [3.8, 4) is 5.75 Å². The number of amides is 1. The van der Waals surface area contributed by atoms with Gasteiger partial charge in [-0.05, 0) is 31.9 Å². The van der Waals surface area contributed by atoms with Crippen LogP contribution in [0.2, 0.25) is 0 Å². The van der Waals surface area contributed by atoms with Gasteiger partial charge >= 0.3 is 0 Å². The fourth-order valence-electron chi connectivity index (χ4n) is 3.05. The van der Waals surface area contributed by atoms with Crippen molar-refractivity contribution < 1.29 is 9.53 Å². The number of nitrogens with zero attached hydrogens (tertiary/aromatic N) is 1. The van der Waals surface area contributed by atoms with Crippen LogP contribution in [-0.2, 0) is 6.42 Å². The Morgan fingerprint density at radius 2 is 2.28 bits per heavy atom. The monoisotopic (exact) mass is 339 g/mol. The highest BCUT2D eigenvalue weighted by Gasteiger charge is 2.24. The molecule has 0 radical (unpaired) electrons. The summed E-state index contributed by atoms with van der Waals surface area (Å²) in [6.07, 6.45) is 3.95. The lowest BCUT2D eigenvalue weighted by molar-refractivity contribution is 0.0944. The molecule has 1 aromatic heterocycles. The number of H-pyrrole nitrogens is 1. The Hall–Kier alpha value is -2.96. The highest BCUT2D eigenvalue weighted by atomic mass is 16.5. The number of rotatable bonds is 4. The van der Waals surface area contributed by atoms with Crippen LogP contribution in [0, 0.1) is 0 Å². The molecule has 130 valence electrons. The second kappa shape index (κ2) is 6.16. The van der Waals surface area contributed by atoms with Crippen molar-refractivity contribution in [3.05, 3.63) is 35.5 Å². The summed E-state index contributed by atoms with van der Waals surface area (Å²) >= 11 is 0. The number of carbonyl (C=O) groups excluding carboxylic acids is 1. The summed E-state index contributed by atoms with van der Waals surface area (Å²) in [6.45, 7) is 4.82. The van der Waals surface area contributed by atoms with Gasteiger partial charge in [-0.2, -0.15) is 0 Å². The van der Waals surface area contributed by atoms with E-state index in [1.165, 1.54) is 5.56 Å². The van der Waals surface area contributed by atoms with Crippen LogP contribution in [0.1, 0.15) is 29.8 Å². The van der Waals surface area contributed by atoms with Crippen LogP contribution in [0.3, 0.4) is 0 Å². The first-order valence-corrected chi connectivity index (χ1v) is 8.46. The molecule has 0 saturated heterocycles. The Bertz CT molecular complexity index is 840. The first kappa shape index (κ1) is 15.6. The number of carbonyl (C=O) groups is 1. The van der Waals surface area contributed by atoms with E-state index in [1.54, 1.807) is 12.4 Å². The summed E-state index contributed by atoms with van der Waals surface area (Å²) in [5.41, 5.74) is 3.61. The number of hydrogen-bond donors (Lipinski definition) is 4. The molecule has 3 heterocycles. The standard InChI is InChI=1S/C18H21N5O2/c1-10(2)22-18(24)13-8-20-17-16(13)23-15(9-21-17)25-12-4-3-11-5-6-19-14(11)7-12/h3-4,7-10,15,19-20,23H,5-6H2,1-2H3,(H,22,24). The third-order valence-electron chi connectivity index (χ3n) is 4.20. The van der Waals surface area contributed by atoms with E-state index in [0.717, 1.165) is 24.4 Å². The zero-order valence-corrected chi connectivity index (χ0v) is 14.2. The van der Waals surface area contributed by atoms with Crippen LogP contribution in [-0.4, -0.2) is 35.9 Å². The number of aliphatic imine (C=N–C) groups is 1. The Labute approximate surface area is 145 Å². The second-order valence-electron chi connectivity index (χ2n) is 6.51. The minimum absolute atomic E-state index is 0.0658. The van der Waals surface area contributed by atoms with Crippen LogP contribution in [0.15, 0.2) is 29.4 Å². The Morgan fingerprint density at radius 1 is 1.40 bits per heavy atom. The van der Waals surface area contributed by atoms with E-state index in [4.69, 9.17) is 4.74 Å². The molecule has 7 nitrogen and oxygen atoms in total. The van der Waals surface area contributed by atoms with Crippen LogP contribution in [0.5, 0.6) is 5.75 Å². The molecule has 0 fully saturated rings. The van der Waals surface area contributed by atoms with Crippen molar-refractivity contribution in [2.45, 2.75) is 32.5 Å². The highest BCUT2D eigenvalue weighted by molar-refractivity contribution is 6.03. The number of nitrogens with one attached hydrogen (secondary N) is 4. The summed E-state index contributed by atoms with van der Waals surface area (Å²) in [5.74, 6) is 1.24. The lowest BCUT2D eigenvalue weighted by Gasteiger charge is -2.22. The Kier molecular flexibility index (Phi) is 3.83. The average Bonchev–Trinajstić information content (AvgIpc) is 3.19. The largest absolute Gasteiger partial charge is 0.465 e. The van der Waals surface area contributed by atoms with Gasteiger partial charge < -0.3 is 25.7 Å². The van der Waals surface area contributed by atoms with Crippen molar-refractivity contribution in [3.63, 3.8) is 0 Å². The first-order chi connectivity index (χ1) is 12.1. The number of benzene rings is 1. The van der Waals surface area contributed by atoms with Gasteiger partial charge in [0.15, 0.2) is 5.82 Å². The van der Waals surface area contributed by atoms with E-state index in [9.17, 15) is 4.79 Å². The van der Waals surface area contributed by atoms with Crippen LogP contribution in [0.25, 0.3) is 0 Å². The van der Waals surface area contributed by atoms with Gasteiger partial charge in [-0.15, -0.1) is 0 Å². The first-order valence-electron chi connectivity index (χ1n) is 8.46. The molecule has 1 amide bonds. The molecule has 1 unspecified atom stereocenters. The molecular formula is C18H21N5O2. The lowest BCUT2D eigenvalue weighted by atomic mass is 10.1. The molecule has 0 saturated carbocycles. The number of aromatic nitrogens is 1. The molecular weight excluding hydrogens is 318 g/mol. The molecule has 7 heteroatoms. The number of anilines is 2. The molecule has 2 aliphatic rings. The zero-order valence-electron chi connectivity index (χ0n) is 14.2. The molecule has 4 N–H and O–H groups in total. The third-order valence-corrected chi connectivity index (χ3v) is 4.20. The van der Waals surface area contributed by atoms with E-state index >= 15 is 0 Å². The third kappa shape index (κ3) is 3.05. The van der Waals surface area contributed by atoms with Crippen molar-refractivity contribution in [2.24, 2.45) is 4.99 Å². The van der Waals surface area contributed by atoms with Crippen molar-refractivity contribution in [1.82, 2.24) is 10.3 Å². The minimum Gasteiger partial charge on any atom is -0.465 e. The van der Waals surface area contributed by atoms with Gasteiger partial charge in [0.1, 0.15) is 5.75 Å². The van der Waals surface area contributed by atoms with Gasteiger partial charge in [-0.3, -0.25) is 4.79 Å². The van der Waals surface area contributed by atoms with E-state index in [0.29, 0.717) is 17.1 Å². The smallest absolute Gasteiger partial charge is 0.255 e. The summed E-state index contributed by atoms with van der Waals surface area (Å²) in [7, 11) is 0. The van der Waals surface area contributed by atoms with Crippen LogP contribution >= 0.6 is 0 Å². The molecule has 0 aliphatic carbocycles. The summed E-state index contributed by atoms with van der Waals surface area (Å²) < 4.78 is 5.98. The van der Waals surface area contributed by atoms with Crippen molar-refractivity contribution in [1.29, 1.82) is 0 Å². The van der Waals surface area contributed by atoms with Gasteiger partial charge in [-0.25, -0.2) is 4.99 Å². The predicted molar refractivity (Wildman–Crippen MR) is 98.2 cm³/mol. The Balaban J connectivity index is 1.51. The average molecular weight is 339 g/mol. The Morgan fingerprint density at radius 3 is 3.12 bits per heavy atom. The van der Waals surface area contributed by atoms with E-state index < -0.39 is 6.23 Å². The van der Waals surface area contributed by atoms with Gasteiger partial charge in [0.05, 0.1) is 17.5 Å². The normalized spacial score (nSPS) is 17.5. The number of hydrogen-bond acceptors (Lipinski definition) is 5. The molecule has 4 rings (SSSR count). The molecule has 0 spiro atoms. The molecule has 2 aromatic rings. The van der Waals surface area contributed by atoms with E-state index in [-0.39, 0.29) is 11.9 Å². The molecule has 2 aliphatic heterocycles. The number of fused-ring (bicyclic) bond motifs is 2. The quantitative estimate of drug-likeness (QED) is 0.689. The van der Waals surface area contributed by atoms with E-state index in [1.807, 2.05) is 26.0 Å². The van der Waals surface area contributed by atoms with Gasteiger partial charge in [0.25, 0.3) is 5.91 Å². The molecule has 1 aromatic carbocycles. The molecule has 1 atom stereocenters. The minimum atomic E-state index is -0.437. The maximum atomic E-state index is 12.3. The molecule has 0 bridgehead atoms. The van der Waals surface area contributed by atoms with Gasteiger partial charge in [0.2, 0.25) is 6.23 Å². The fraction of sp³-hybridized carbons (Fsp3) is 0.333. The van der Waals surface area contributed by atoms with Gasteiger partial charge in [-0.1, -0.05) is 6.07 Å². The lowest BCUT2D eigenvalue weighted by Crippen LogP contribution is -2.33. The van der Waals surface area contributed by atoms with Crippen LogP contribution < -0.4 is 20.7 Å². The SMILES string of the molecule is CC(C)NC(=O)c1c[nH]c2c1NC(Oc1ccc3c(c1)NCC3)C=N2. The summed E-state index contributed by atoms with van der Waals surface area (Å²) in [6, 6.07) is 6.10. The van der Waals surface area contributed by atoms with Crippen molar-refractivity contribution in [2.75, 3.05) is 17.2 Å². The number of ether oxygens (including phenoxy) is 1. The second-order valence-corrected chi connectivity index (χ2v) is 6.51. The number of aromatic amines is 1. The van der Waals surface area contributed by atoms with E-state index in [2.05, 4.69) is 32.0 Å². The maximum absolute atomic E-state index is 12.3. The predicted octanol–water partition coefficient (Wildman–Crippen LogP) is 2.65. The fourth-order valence-corrected chi connectivity index (χ4v) is 3.05. The van der Waals surface area contributed by atoms with Gasteiger partial charge in [0, 0.05) is 30.5 Å². The topological polar surface area (TPSA) is 90.5 Å². The zero-order chi connectivity index (χ0) is 17.4.